The number of methoxy groups -OCH3 is 1. The summed E-state index contributed by atoms with van der Waals surface area (Å²) >= 11 is 0. The number of benzene rings is 1. The van der Waals surface area contributed by atoms with Crippen LogP contribution in [-0.2, 0) is 24.5 Å². The number of alkyl halides is 3. The molecular formula is C19H20F3NO5. The van der Waals surface area contributed by atoms with Crippen molar-refractivity contribution in [2.45, 2.75) is 44.8 Å². The van der Waals surface area contributed by atoms with Crippen LogP contribution in [0, 0.1) is 0 Å². The van der Waals surface area contributed by atoms with Crippen LogP contribution in [0.4, 0.5) is 13.2 Å². The quantitative estimate of drug-likeness (QED) is 0.791. The number of rotatable bonds is 3. The third kappa shape index (κ3) is 3.48. The Hall–Kier alpha value is -2.84. The highest BCUT2D eigenvalue weighted by Gasteiger charge is 2.71. The molecule has 2 rings (SSSR count). The van der Waals surface area contributed by atoms with Gasteiger partial charge < -0.3 is 14.8 Å². The third-order valence-corrected chi connectivity index (χ3v) is 4.41. The van der Waals surface area contributed by atoms with E-state index in [9.17, 15) is 27.6 Å². The number of nitrogens with one attached hydrogen (secondary N) is 1. The largest absolute Gasteiger partial charge is 0.465 e. The van der Waals surface area contributed by atoms with Gasteiger partial charge in [0.2, 0.25) is 0 Å². The van der Waals surface area contributed by atoms with Gasteiger partial charge in [0.25, 0.3) is 11.4 Å². The van der Waals surface area contributed by atoms with E-state index in [4.69, 9.17) is 0 Å². The highest BCUT2D eigenvalue weighted by Crippen LogP contribution is 2.44. The molecule has 0 saturated heterocycles. The molecule has 28 heavy (non-hydrogen) atoms. The smallest absolute Gasteiger partial charge is 0.427 e. The molecule has 0 aromatic heterocycles. The van der Waals surface area contributed by atoms with Crippen LogP contribution in [0.1, 0.15) is 43.6 Å². The van der Waals surface area contributed by atoms with Gasteiger partial charge in [0.15, 0.2) is 0 Å². The standard InChI is InChI=1S/C19H20F3NO5/c1-10-13(15(25)27-5)18(16(26)28-10,19(20,21)22)23-14(24)11-6-8-12(9-7-11)17(2,3)4/h6-9H,1-5H3,(H,23,24)/t18-/m0/s1. The lowest BCUT2D eigenvalue weighted by Crippen LogP contribution is -2.64. The maximum atomic E-state index is 13.9. The molecule has 1 N–H and O–H groups in total. The fourth-order valence-corrected chi connectivity index (χ4v) is 2.84. The van der Waals surface area contributed by atoms with E-state index >= 15 is 0 Å². The van der Waals surface area contributed by atoms with Crippen molar-refractivity contribution in [3.8, 4) is 0 Å². The van der Waals surface area contributed by atoms with Crippen molar-refractivity contribution in [3.63, 3.8) is 0 Å². The first kappa shape index (κ1) is 21.5. The Kier molecular flexibility index (Phi) is 5.33. The van der Waals surface area contributed by atoms with Crippen LogP contribution in [0.25, 0.3) is 0 Å². The zero-order valence-electron chi connectivity index (χ0n) is 16.0. The number of amides is 1. The zero-order valence-corrected chi connectivity index (χ0v) is 16.0. The number of cyclic esters (lactones) is 1. The normalized spacial score (nSPS) is 20.1. The topological polar surface area (TPSA) is 81.7 Å². The van der Waals surface area contributed by atoms with Crippen LogP contribution in [0.3, 0.4) is 0 Å². The summed E-state index contributed by atoms with van der Waals surface area (Å²) in [5.74, 6) is -5.02. The molecule has 1 aromatic rings. The lowest BCUT2D eigenvalue weighted by atomic mass is 9.86. The zero-order chi connectivity index (χ0) is 21.5. The van der Waals surface area contributed by atoms with Crippen molar-refractivity contribution in [2.75, 3.05) is 7.11 Å². The lowest BCUT2D eigenvalue weighted by molar-refractivity contribution is -0.196. The monoisotopic (exact) mass is 399 g/mol. The first-order valence-corrected chi connectivity index (χ1v) is 8.27. The lowest BCUT2D eigenvalue weighted by Gasteiger charge is -2.30. The third-order valence-electron chi connectivity index (χ3n) is 4.41. The van der Waals surface area contributed by atoms with Crippen molar-refractivity contribution < 1.29 is 37.0 Å². The Bertz CT molecular complexity index is 850. The summed E-state index contributed by atoms with van der Waals surface area (Å²) in [6.45, 7) is 6.82. The Labute approximate surface area is 159 Å². The number of hydrogen-bond acceptors (Lipinski definition) is 5. The number of allylic oxidation sites excluding steroid dienone is 1. The van der Waals surface area contributed by atoms with Crippen molar-refractivity contribution in [2.24, 2.45) is 0 Å². The minimum Gasteiger partial charge on any atom is -0.465 e. The predicted molar refractivity (Wildman–Crippen MR) is 92.2 cm³/mol. The summed E-state index contributed by atoms with van der Waals surface area (Å²) < 4.78 is 50.7. The van der Waals surface area contributed by atoms with E-state index in [1.165, 1.54) is 12.1 Å². The highest BCUT2D eigenvalue weighted by molar-refractivity contribution is 6.09. The van der Waals surface area contributed by atoms with Crippen LogP contribution in [-0.4, -0.2) is 36.7 Å². The number of halogens is 3. The number of carbonyl (C=O) groups is 3. The van der Waals surface area contributed by atoms with Crippen molar-refractivity contribution in [1.29, 1.82) is 0 Å². The van der Waals surface area contributed by atoms with Gasteiger partial charge in [-0.05, 0) is 30.0 Å². The average Bonchev–Trinajstić information content (AvgIpc) is 2.84. The SMILES string of the molecule is COC(=O)C1=C(C)OC(=O)[C@]1(NC(=O)c1ccc(C(C)(C)C)cc1)C(F)(F)F. The van der Waals surface area contributed by atoms with E-state index in [0.717, 1.165) is 19.6 Å². The minimum absolute atomic E-state index is 0.113. The molecule has 1 aliphatic heterocycles. The number of carbonyl (C=O) groups excluding carboxylic acids is 3. The van der Waals surface area contributed by atoms with Gasteiger partial charge in [-0.25, -0.2) is 9.59 Å². The van der Waals surface area contributed by atoms with Gasteiger partial charge in [0, 0.05) is 5.56 Å². The summed E-state index contributed by atoms with van der Waals surface area (Å²) in [7, 11) is 0.861. The molecule has 0 aliphatic carbocycles. The summed E-state index contributed by atoms with van der Waals surface area (Å²) in [4.78, 5) is 36.6. The van der Waals surface area contributed by atoms with Crippen molar-refractivity contribution >= 4 is 17.8 Å². The molecule has 0 radical (unpaired) electrons. The molecule has 0 fully saturated rings. The molecule has 152 valence electrons. The Balaban J connectivity index is 2.50. The van der Waals surface area contributed by atoms with Crippen molar-refractivity contribution in [1.82, 2.24) is 5.32 Å². The molecule has 1 aromatic carbocycles. The first-order chi connectivity index (χ1) is 12.8. The molecule has 1 amide bonds. The maximum absolute atomic E-state index is 13.9. The highest BCUT2D eigenvalue weighted by atomic mass is 19.4. The Morgan fingerprint density at radius 3 is 2.07 bits per heavy atom. The van der Waals surface area contributed by atoms with E-state index in [2.05, 4.69) is 9.47 Å². The summed E-state index contributed by atoms with van der Waals surface area (Å²) in [6, 6.07) is 5.89. The second kappa shape index (κ2) is 6.96. The molecule has 1 heterocycles. The summed E-state index contributed by atoms with van der Waals surface area (Å²) in [5.41, 5.74) is -4.23. The van der Waals surface area contributed by atoms with Crippen LogP contribution >= 0.6 is 0 Å². The molecule has 0 spiro atoms. The molecule has 1 atom stereocenters. The van der Waals surface area contributed by atoms with Crippen LogP contribution in [0.2, 0.25) is 0 Å². The summed E-state index contributed by atoms with van der Waals surface area (Å²) in [5, 5.41) is 1.66. The number of esters is 2. The molecule has 0 bridgehead atoms. The summed E-state index contributed by atoms with van der Waals surface area (Å²) in [6.07, 6.45) is -5.34. The van der Waals surface area contributed by atoms with Crippen molar-refractivity contribution in [3.05, 3.63) is 46.7 Å². The van der Waals surface area contributed by atoms with E-state index in [1.54, 1.807) is 17.4 Å². The number of hydrogen-bond donors (Lipinski definition) is 1. The van der Waals surface area contributed by atoms with Crippen LogP contribution in [0.5, 0.6) is 0 Å². The van der Waals surface area contributed by atoms with Gasteiger partial charge in [-0.3, -0.25) is 4.79 Å². The molecular weight excluding hydrogens is 379 g/mol. The minimum atomic E-state index is -5.34. The fraction of sp³-hybridized carbons (Fsp3) is 0.421. The maximum Gasteiger partial charge on any atom is 0.427 e. The first-order valence-electron chi connectivity index (χ1n) is 8.27. The Morgan fingerprint density at radius 2 is 1.64 bits per heavy atom. The Morgan fingerprint density at radius 1 is 1.11 bits per heavy atom. The second-order valence-corrected chi connectivity index (χ2v) is 7.34. The van der Waals surface area contributed by atoms with E-state index in [1.807, 2.05) is 20.8 Å². The van der Waals surface area contributed by atoms with Crippen LogP contribution < -0.4 is 5.32 Å². The van der Waals surface area contributed by atoms with Gasteiger partial charge in [0.1, 0.15) is 11.3 Å². The average molecular weight is 399 g/mol. The molecule has 0 saturated carbocycles. The van der Waals surface area contributed by atoms with Gasteiger partial charge in [-0.1, -0.05) is 32.9 Å². The molecule has 1 aliphatic rings. The van der Waals surface area contributed by atoms with E-state index < -0.39 is 40.9 Å². The molecule has 0 unspecified atom stereocenters. The van der Waals surface area contributed by atoms with Gasteiger partial charge in [-0.2, -0.15) is 13.2 Å². The molecule has 9 heteroatoms. The van der Waals surface area contributed by atoms with Crippen LogP contribution in [0.15, 0.2) is 35.6 Å². The second-order valence-electron chi connectivity index (χ2n) is 7.34. The number of ether oxygens (including phenoxy) is 2. The predicted octanol–water partition coefficient (Wildman–Crippen LogP) is 3.02. The fourth-order valence-electron chi connectivity index (χ4n) is 2.84. The van der Waals surface area contributed by atoms with Gasteiger partial charge in [-0.15, -0.1) is 0 Å². The van der Waals surface area contributed by atoms with Gasteiger partial charge >= 0.3 is 18.1 Å². The van der Waals surface area contributed by atoms with Gasteiger partial charge in [0.05, 0.1) is 7.11 Å². The van der Waals surface area contributed by atoms with E-state index in [0.29, 0.717) is 0 Å². The molecule has 6 nitrogen and oxygen atoms in total. The van der Waals surface area contributed by atoms with E-state index in [-0.39, 0.29) is 11.0 Å².